The molecule has 5 nitrogen and oxygen atoms in total. The van der Waals surface area contributed by atoms with Crippen LogP contribution in [0.5, 0.6) is 0 Å². The van der Waals surface area contributed by atoms with Gasteiger partial charge in [-0.1, -0.05) is 120 Å². The van der Waals surface area contributed by atoms with E-state index in [9.17, 15) is 14.7 Å². The second-order valence-electron chi connectivity index (χ2n) is 10.2. The molecule has 1 N–H and O–H groups in total. The van der Waals surface area contributed by atoms with Crippen LogP contribution in [0.15, 0.2) is 60.8 Å². The van der Waals surface area contributed by atoms with Crippen LogP contribution in [-0.2, 0) is 19.1 Å². The average molecular weight is 559 g/mol. The van der Waals surface area contributed by atoms with Crippen molar-refractivity contribution in [3.05, 3.63) is 60.8 Å². The van der Waals surface area contributed by atoms with Crippen LogP contribution in [0.25, 0.3) is 0 Å². The van der Waals surface area contributed by atoms with Gasteiger partial charge in [0.15, 0.2) is 6.10 Å². The first-order valence-corrected chi connectivity index (χ1v) is 15.8. The highest BCUT2D eigenvalue weighted by Gasteiger charge is 2.16. The van der Waals surface area contributed by atoms with Crippen LogP contribution >= 0.6 is 0 Å². The van der Waals surface area contributed by atoms with Crippen molar-refractivity contribution in [1.29, 1.82) is 0 Å². The second-order valence-corrected chi connectivity index (χ2v) is 10.2. The summed E-state index contributed by atoms with van der Waals surface area (Å²) >= 11 is 0. The molecule has 0 heterocycles. The number of aliphatic hydroxyl groups is 1. The van der Waals surface area contributed by atoms with Crippen molar-refractivity contribution in [3.8, 4) is 0 Å². The molecule has 0 fully saturated rings. The Morgan fingerprint density at radius 3 is 1.62 bits per heavy atom. The van der Waals surface area contributed by atoms with Crippen LogP contribution < -0.4 is 0 Å². The Balaban J connectivity index is 3.69. The summed E-state index contributed by atoms with van der Waals surface area (Å²) in [6.07, 6.45) is 38.6. The summed E-state index contributed by atoms with van der Waals surface area (Å²) in [7, 11) is 0. The fraction of sp³-hybridized carbons (Fsp3) is 0.657. The zero-order valence-corrected chi connectivity index (χ0v) is 25.6. The van der Waals surface area contributed by atoms with Gasteiger partial charge in [0, 0.05) is 12.8 Å². The summed E-state index contributed by atoms with van der Waals surface area (Å²) < 4.78 is 10.5. The van der Waals surface area contributed by atoms with Crippen LogP contribution in [-0.4, -0.2) is 36.4 Å². The SMILES string of the molecule is CC/C=C/C/C=C/C/C=C/C/C=C/C/C=C/CCCCCC(=O)OC[C@H](CO)OC(=O)CCCCCCCCC. The van der Waals surface area contributed by atoms with E-state index in [-0.39, 0.29) is 25.2 Å². The lowest BCUT2D eigenvalue weighted by atomic mass is 10.1. The van der Waals surface area contributed by atoms with Gasteiger partial charge in [-0.05, 0) is 57.8 Å². The molecule has 5 heteroatoms. The fourth-order valence-electron chi connectivity index (χ4n) is 3.93. The number of hydrogen-bond acceptors (Lipinski definition) is 5. The third-order valence-electron chi connectivity index (χ3n) is 6.33. The number of aliphatic hydroxyl groups excluding tert-OH is 1. The molecule has 0 spiro atoms. The molecular weight excluding hydrogens is 500 g/mol. The quantitative estimate of drug-likeness (QED) is 0.0618. The number of rotatable bonds is 27. The third-order valence-corrected chi connectivity index (χ3v) is 6.33. The Bertz CT molecular complexity index is 732. The van der Waals surface area contributed by atoms with E-state index in [2.05, 4.69) is 74.6 Å². The molecule has 1 atom stereocenters. The van der Waals surface area contributed by atoms with Gasteiger partial charge in [-0.25, -0.2) is 0 Å². The standard InChI is InChI=1S/C35H58O5/c1-3-5-7-9-11-12-13-14-15-16-17-18-19-20-21-22-24-25-27-29-34(37)39-32-33(31-36)40-35(38)30-28-26-23-10-8-6-4-2/h5,7,11-12,14-15,17-18,20-21,33,36H,3-4,6,8-10,13,16,19,22-32H2,1-2H3/b7-5+,12-11+,15-14+,18-17+,21-20+/t33-/m0/s1. The largest absolute Gasteiger partial charge is 0.462 e. The molecule has 0 rings (SSSR count). The van der Waals surface area contributed by atoms with Crippen LogP contribution in [0.1, 0.15) is 129 Å². The van der Waals surface area contributed by atoms with E-state index in [1.54, 1.807) is 0 Å². The Hall–Kier alpha value is -2.40. The summed E-state index contributed by atoms with van der Waals surface area (Å²) in [5.41, 5.74) is 0. The number of ether oxygens (including phenoxy) is 2. The van der Waals surface area contributed by atoms with E-state index >= 15 is 0 Å². The Kier molecular flexibility index (Phi) is 29.3. The maximum atomic E-state index is 12.0. The smallest absolute Gasteiger partial charge is 0.306 e. The molecule has 0 aromatic rings. The predicted molar refractivity (Wildman–Crippen MR) is 168 cm³/mol. The van der Waals surface area contributed by atoms with Gasteiger partial charge in [0.05, 0.1) is 6.61 Å². The minimum absolute atomic E-state index is 0.0852. The molecule has 0 aliphatic rings. The fourth-order valence-corrected chi connectivity index (χ4v) is 3.93. The van der Waals surface area contributed by atoms with Crippen LogP contribution in [0.4, 0.5) is 0 Å². The van der Waals surface area contributed by atoms with E-state index in [0.29, 0.717) is 12.8 Å². The first-order chi connectivity index (χ1) is 19.6. The number of allylic oxidation sites excluding steroid dienone is 10. The van der Waals surface area contributed by atoms with Gasteiger partial charge >= 0.3 is 11.9 Å². The first kappa shape index (κ1) is 37.6. The Morgan fingerprint density at radius 2 is 1.07 bits per heavy atom. The van der Waals surface area contributed by atoms with Crippen molar-refractivity contribution < 1.29 is 24.2 Å². The second kappa shape index (κ2) is 31.1. The summed E-state index contributed by atoms with van der Waals surface area (Å²) in [5.74, 6) is -0.643. The molecular formula is C35H58O5. The van der Waals surface area contributed by atoms with Gasteiger partial charge < -0.3 is 14.6 Å². The topological polar surface area (TPSA) is 72.8 Å². The van der Waals surface area contributed by atoms with Crippen LogP contribution in [0.3, 0.4) is 0 Å². The van der Waals surface area contributed by atoms with E-state index < -0.39 is 6.10 Å². The molecule has 0 unspecified atom stereocenters. The number of carbonyl (C=O) groups is 2. The average Bonchev–Trinajstić information content (AvgIpc) is 2.95. The number of hydrogen-bond donors (Lipinski definition) is 1. The summed E-state index contributed by atoms with van der Waals surface area (Å²) in [4.78, 5) is 23.9. The van der Waals surface area contributed by atoms with Crippen molar-refractivity contribution in [2.24, 2.45) is 0 Å². The lowest BCUT2D eigenvalue weighted by molar-refractivity contribution is -0.161. The molecule has 0 saturated carbocycles. The van der Waals surface area contributed by atoms with Crippen LogP contribution in [0, 0.1) is 0 Å². The monoisotopic (exact) mass is 558 g/mol. The third kappa shape index (κ3) is 28.6. The zero-order valence-electron chi connectivity index (χ0n) is 25.6. The lowest BCUT2D eigenvalue weighted by Gasteiger charge is -2.15. The molecule has 0 aromatic carbocycles. The van der Waals surface area contributed by atoms with Gasteiger partial charge in [0.2, 0.25) is 0 Å². The molecule has 0 bridgehead atoms. The summed E-state index contributed by atoms with van der Waals surface area (Å²) in [6, 6.07) is 0. The minimum Gasteiger partial charge on any atom is -0.462 e. The lowest BCUT2D eigenvalue weighted by Crippen LogP contribution is -2.28. The number of esters is 2. The van der Waals surface area contributed by atoms with E-state index in [4.69, 9.17) is 9.47 Å². The molecule has 0 saturated heterocycles. The van der Waals surface area contributed by atoms with E-state index in [1.807, 2.05) is 0 Å². The number of carbonyl (C=O) groups excluding carboxylic acids is 2. The normalized spacial score (nSPS) is 13.0. The molecule has 40 heavy (non-hydrogen) atoms. The van der Waals surface area contributed by atoms with Crippen molar-refractivity contribution in [1.82, 2.24) is 0 Å². The van der Waals surface area contributed by atoms with Crippen LogP contribution in [0.2, 0.25) is 0 Å². The molecule has 228 valence electrons. The summed E-state index contributed by atoms with van der Waals surface area (Å²) in [6.45, 7) is 3.91. The van der Waals surface area contributed by atoms with Crippen molar-refractivity contribution in [3.63, 3.8) is 0 Å². The van der Waals surface area contributed by atoms with E-state index in [0.717, 1.165) is 77.0 Å². The number of unbranched alkanes of at least 4 members (excludes halogenated alkanes) is 9. The molecule has 0 aliphatic carbocycles. The summed E-state index contributed by atoms with van der Waals surface area (Å²) in [5, 5.41) is 9.44. The van der Waals surface area contributed by atoms with Gasteiger partial charge in [-0.2, -0.15) is 0 Å². The maximum absolute atomic E-state index is 12.0. The maximum Gasteiger partial charge on any atom is 0.306 e. The Labute approximate surface area is 245 Å². The van der Waals surface area contributed by atoms with Crippen molar-refractivity contribution in [2.75, 3.05) is 13.2 Å². The molecule has 0 aliphatic heterocycles. The van der Waals surface area contributed by atoms with Gasteiger partial charge in [0.1, 0.15) is 6.61 Å². The van der Waals surface area contributed by atoms with Crippen molar-refractivity contribution >= 4 is 11.9 Å². The van der Waals surface area contributed by atoms with Gasteiger partial charge in [-0.15, -0.1) is 0 Å². The zero-order chi connectivity index (χ0) is 29.4. The van der Waals surface area contributed by atoms with Gasteiger partial charge in [0.25, 0.3) is 0 Å². The molecule has 0 amide bonds. The Morgan fingerprint density at radius 1 is 0.600 bits per heavy atom. The van der Waals surface area contributed by atoms with Crippen molar-refractivity contribution in [2.45, 2.75) is 136 Å². The highest BCUT2D eigenvalue weighted by molar-refractivity contribution is 5.70. The highest BCUT2D eigenvalue weighted by atomic mass is 16.6. The molecule has 0 aromatic heterocycles. The predicted octanol–water partition coefficient (Wildman–Crippen LogP) is 9.28. The minimum atomic E-state index is -0.781. The van der Waals surface area contributed by atoms with E-state index in [1.165, 1.54) is 25.7 Å². The highest BCUT2D eigenvalue weighted by Crippen LogP contribution is 2.10. The first-order valence-electron chi connectivity index (χ1n) is 15.8. The molecule has 0 radical (unpaired) electrons. The van der Waals surface area contributed by atoms with Gasteiger partial charge in [-0.3, -0.25) is 9.59 Å².